The number of rotatable bonds is 5. The summed E-state index contributed by atoms with van der Waals surface area (Å²) in [6, 6.07) is 11.4. The van der Waals surface area contributed by atoms with Gasteiger partial charge >= 0.3 is 0 Å². The number of hydrogen-bond acceptors (Lipinski definition) is 3. The molecule has 0 aliphatic rings. The smallest absolute Gasteiger partial charge is 0.254 e. The molecule has 4 nitrogen and oxygen atoms in total. The van der Waals surface area contributed by atoms with Gasteiger partial charge < -0.3 is 14.8 Å². The lowest BCUT2D eigenvalue weighted by atomic mass is 10.1. The highest BCUT2D eigenvalue weighted by molar-refractivity contribution is 5.94. The van der Waals surface area contributed by atoms with E-state index in [-0.39, 0.29) is 12.1 Å². The molecule has 0 fully saturated rings. The summed E-state index contributed by atoms with van der Waals surface area (Å²) < 4.78 is 23.9. The molecule has 1 amide bonds. The van der Waals surface area contributed by atoms with E-state index in [4.69, 9.17) is 9.47 Å². The van der Waals surface area contributed by atoms with Gasteiger partial charge in [0.25, 0.3) is 5.91 Å². The van der Waals surface area contributed by atoms with E-state index in [9.17, 15) is 9.18 Å². The van der Waals surface area contributed by atoms with E-state index in [0.29, 0.717) is 11.5 Å². The van der Waals surface area contributed by atoms with Crippen LogP contribution < -0.4 is 14.8 Å². The van der Waals surface area contributed by atoms with Gasteiger partial charge in [-0.3, -0.25) is 4.79 Å². The number of hydrogen-bond donors (Lipinski definition) is 1. The summed E-state index contributed by atoms with van der Waals surface area (Å²) in [4.78, 5) is 12.0. The van der Waals surface area contributed by atoms with E-state index in [1.807, 2.05) is 18.2 Å². The molecular formula is C16H16FNO3. The van der Waals surface area contributed by atoms with Crippen LogP contribution in [0.1, 0.15) is 15.9 Å². The molecule has 0 saturated heterocycles. The van der Waals surface area contributed by atoms with Crippen LogP contribution in [0.15, 0.2) is 42.5 Å². The minimum Gasteiger partial charge on any atom is -0.497 e. The maximum Gasteiger partial charge on any atom is 0.254 e. The summed E-state index contributed by atoms with van der Waals surface area (Å²) in [5.41, 5.74) is 0.799. The fourth-order valence-electron chi connectivity index (χ4n) is 1.93. The highest BCUT2D eigenvalue weighted by Gasteiger charge is 2.13. The minimum absolute atomic E-state index is 0.0225. The Morgan fingerprint density at radius 1 is 1.14 bits per heavy atom. The van der Waals surface area contributed by atoms with E-state index in [2.05, 4.69) is 5.32 Å². The quantitative estimate of drug-likeness (QED) is 0.920. The molecule has 2 aromatic carbocycles. The van der Waals surface area contributed by atoms with Crippen molar-refractivity contribution in [1.82, 2.24) is 5.32 Å². The molecule has 21 heavy (non-hydrogen) atoms. The Bertz CT molecular complexity index is 643. The van der Waals surface area contributed by atoms with Gasteiger partial charge in [0.05, 0.1) is 19.8 Å². The van der Waals surface area contributed by atoms with Crippen molar-refractivity contribution in [3.8, 4) is 11.5 Å². The van der Waals surface area contributed by atoms with Gasteiger partial charge in [-0.2, -0.15) is 0 Å². The number of nitrogens with one attached hydrogen (secondary N) is 1. The molecule has 0 atom stereocenters. The molecule has 0 aliphatic heterocycles. The maximum absolute atomic E-state index is 13.8. The first-order valence-corrected chi connectivity index (χ1v) is 6.39. The predicted molar refractivity (Wildman–Crippen MR) is 77.1 cm³/mol. The van der Waals surface area contributed by atoms with Gasteiger partial charge in [0.1, 0.15) is 17.3 Å². The molecule has 0 saturated carbocycles. The number of ether oxygens (including phenoxy) is 2. The first-order chi connectivity index (χ1) is 10.2. The highest BCUT2D eigenvalue weighted by atomic mass is 19.1. The van der Waals surface area contributed by atoms with E-state index >= 15 is 0 Å². The average Bonchev–Trinajstić information content (AvgIpc) is 2.52. The second-order valence-electron chi connectivity index (χ2n) is 4.34. The van der Waals surface area contributed by atoms with Crippen molar-refractivity contribution >= 4 is 5.91 Å². The lowest BCUT2D eigenvalue weighted by Crippen LogP contribution is -2.24. The van der Waals surface area contributed by atoms with Gasteiger partial charge in [-0.05, 0) is 18.2 Å². The van der Waals surface area contributed by atoms with Gasteiger partial charge in [0, 0.05) is 18.2 Å². The molecule has 0 heterocycles. The molecule has 0 spiro atoms. The predicted octanol–water partition coefficient (Wildman–Crippen LogP) is 2.77. The van der Waals surface area contributed by atoms with Crippen LogP contribution in [-0.4, -0.2) is 20.1 Å². The minimum atomic E-state index is -0.619. The summed E-state index contributed by atoms with van der Waals surface area (Å²) in [6.07, 6.45) is 0. The van der Waals surface area contributed by atoms with Crippen LogP contribution in [0.4, 0.5) is 4.39 Å². The standard InChI is InChI=1S/C16H16FNO3/c1-20-12-7-8-13(14(17)9-12)16(19)18-10-11-5-3-4-6-15(11)21-2/h3-9H,10H2,1-2H3,(H,18,19). The molecule has 1 N–H and O–H groups in total. The van der Waals surface area contributed by atoms with E-state index in [1.165, 1.54) is 19.2 Å². The Balaban J connectivity index is 2.08. The average molecular weight is 289 g/mol. The zero-order valence-corrected chi connectivity index (χ0v) is 11.9. The Hall–Kier alpha value is -2.56. The van der Waals surface area contributed by atoms with Crippen molar-refractivity contribution < 1.29 is 18.7 Å². The summed E-state index contributed by atoms with van der Waals surface area (Å²) in [6.45, 7) is 0.258. The topological polar surface area (TPSA) is 47.6 Å². The van der Waals surface area contributed by atoms with Crippen LogP contribution in [0.5, 0.6) is 11.5 Å². The van der Waals surface area contributed by atoms with E-state index < -0.39 is 11.7 Å². The zero-order chi connectivity index (χ0) is 15.2. The monoisotopic (exact) mass is 289 g/mol. The summed E-state index contributed by atoms with van der Waals surface area (Å²) in [7, 11) is 3.00. The summed E-state index contributed by atoms with van der Waals surface area (Å²) in [5.74, 6) is -0.0604. The number of methoxy groups -OCH3 is 2. The lowest BCUT2D eigenvalue weighted by molar-refractivity contribution is 0.0946. The second-order valence-corrected chi connectivity index (χ2v) is 4.34. The Kier molecular flexibility index (Phi) is 4.77. The van der Waals surface area contributed by atoms with Gasteiger partial charge in [-0.1, -0.05) is 18.2 Å². The third kappa shape index (κ3) is 3.51. The largest absolute Gasteiger partial charge is 0.497 e. The van der Waals surface area contributed by atoms with Crippen LogP contribution >= 0.6 is 0 Å². The molecule has 0 bridgehead atoms. The van der Waals surface area contributed by atoms with Gasteiger partial charge in [0.15, 0.2) is 0 Å². The van der Waals surface area contributed by atoms with Crippen molar-refractivity contribution in [2.24, 2.45) is 0 Å². The molecule has 2 aromatic rings. The fraction of sp³-hybridized carbons (Fsp3) is 0.188. The number of carbonyl (C=O) groups is 1. The molecule has 5 heteroatoms. The zero-order valence-electron chi connectivity index (χ0n) is 11.9. The Morgan fingerprint density at radius 3 is 2.57 bits per heavy atom. The SMILES string of the molecule is COc1ccc(C(=O)NCc2ccccc2OC)c(F)c1. The van der Waals surface area contributed by atoms with Crippen LogP contribution in [0.2, 0.25) is 0 Å². The second kappa shape index (κ2) is 6.74. The molecule has 110 valence electrons. The van der Waals surface area contributed by atoms with Crippen molar-refractivity contribution in [3.05, 3.63) is 59.4 Å². The maximum atomic E-state index is 13.8. The van der Waals surface area contributed by atoms with Crippen molar-refractivity contribution in [3.63, 3.8) is 0 Å². The molecule has 0 radical (unpaired) electrons. The van der Waals surface area contributed by atoms with Gasteiger partial charge in [-0.15, -0.1) is 0 Å². The molecule has 2 rings (SSSR count). The number of carbonyl (C=O) groups excluding carboxylic acids is 1. The Labute approximate surface area is 122 Å². The lowest BCUT2D eigenvalue weighted by Gasteiger charge is -2.10. The van der Waals surface area contributed by atoms with E-state index in [0.717, 1.165) is 5.56 Å². The summed E-state index contributed by atoms with van der Waals surface area (Å²) >= 11 is 0. The number of para-hydroxylation sites is 1. The number of amides is 1. The van der Waals surface area contributed by atoms with Gasteiger partial charge in [0.2, 0.25) is 0 Å². The first-order valence-electron chi connectivity index (χ1n) is 6.39. The molecular weight excluding hydrogens is 273 g/mol. The molecule has 0 aliphatic carbocycles. The van der Waals surface area contributed by atoms with Crippen molar-refractivity contribution in [2.75, 3.05) is 14.2 Å². The van der Waals surface area contributed by atoms with E-state index in [1.54, 1.807) is 19.2 Å². The first kappa shape index (κ1) is 14.8. The highest BCUT2D eigenvalue weighted by Crippen LogP contribution is 2.18. The van der Waals surface area contributed by atoms with Crippen molar-refractivity contribution in [2.45, 2.75) is 6.54 Å². The van der Waals surface area contributed by atoms with Gasteiger partial charge in [-0.25, -0.2) is 4.39 Å². The van der Waals surface area contributed by atoms with Crippen LogP contribution in [-0.2, 0) is 6.54 Å². The number of halogens is 1. The normalized spacial score (nSPS) is 10.0. The van der Waals surface area contributed by atoms with Crippen LogP contribution in [0.3, 0.4) is 0 Å². The van der Waals surface area contributed by atoms with Crippen LogP contribution in [0, 0.1) is 5.82 Å². The molecule has 0 aromatic heterocycles. The van der Waals surface area contributed by atoms with Crippen molar-refractivity contribution in [1.29, 1.82) is 0 Å². The molecule has 0 unspecified atom stereocenters. The third-order valence-corrected chi connectivity index (χ3v) is 3.05. The Morgan fingerprint density at radius 2 is 1.90 bits per heavy atom. The fourth-order valence-corrected chi connectivity index (χ4v) is 1.93. The number of benzene rings is 2. The summed E-state index contributed by atoms with van der Waals surface area (Å²) in [5, 5.41) is 2.67. The third-order valence-electron chi connectivity index (χ3n) is 3.05. The van der Waals surface area contributed by atoms with Crippen LogP contribution in [0.25, 0.3) is 0 Å².